The van der Waals surface area contributed by atoms with Gasteiger partial charge in [-0.05, 0) is 125 Å². The molecule has 0 spiro atoms. The number of carboxylic acid groups (broad SMARTS) is 4. The smallest absolute Gasteiger partial charge is 0.373 e. The first-order valence-electron chi connectivity index (χ1n) is 28.2. The third kappa shape index (κ3) is 41.9. The summed E-state index contributed by atoms with van der Waals surface area (Å²) < 4.78 is 39.0. The number of esters is 2. The quantitative estimate of drug-likeness (QED) is 0.00405. The number of hydrogen-bond donors (Lipinski definition) is 8. The molecule has 1 atom stereocenters. The number of aliphatic hydroxyl groups excluding tert-OH is 3. The van der Waals surface area contributed by atoms with Gasteiger partial charge in [0, 0.05) is 133 Å². The summed E-state index contributed by atoms with van der Waals surface area (Å²) in [6.45, 7) is 3.18. The minimum atomic E-state index is -1.45. The molecule has 36 nitrogen and oxygen atoms in total. The fourth-order valence-electron chi connectivity index (χ4n) is 6.29. The number of ether oxygens (including phenoxy) is 5. The summed E-state index contributed by atoms with van der Waals surface area (Å²) in [6.07, 6.45) is 5.67. The van der Waals surface area contributed by atoms with Crippen LogP contribution in [0.25, 0.3) is 24.3 Å². The van der Waals surface area contributed by atoms with E-state index in [1.807, 2.05) is 0 Å². The van der Waals surface area contributed by atoms with Gasteiger partial charge in [0.2, 0.25) is 17.3 Å². The van der Waals surface area contributed by atoms with Gasteiger partial charge in [-0.3, -0.25) is 64.6 Å². The number of nitrogen functional groups attached to an aromatic ring is 1. The van der Waals surface area contributed by atoms with Crippen molar-refractivity contribution in [1.29, 1.82) is 0 Å². The van der Waals surface area contributed by atoms with Crippen molar-refractivity contribution in [3.63, 3.8) is 0 Å². The number of methoxy groups -OCH3 is 4. The number of nitrogens with two attached hydrogens (primary N) is 1. The summed E-state index contributed by atoms with van der Waals surface area (Å²) in [7, 11) is 6.21. The Kier molecular flexibility index (Phi) is 52.5. The van der Waals surface area contributed by atoms with E-state index in [4.69, 9.17) is 57.1 Å². The largest absolute Gasteiger partial charge is 0.502 e. The number of non-ortho nitro benzene ring substituents is 5. The Balaban J connectivity index is -0.000000365. The van der Waals surface area contributed by atoms with Gasteiger partial charge in [0.25, 0.3) is 28.4 Å². The van der Waals surface area contributed by atoms with E-state index < -0.39 is 79.4 Å². The number of aliphatic hydroxyl groups is 3. The zero-order chi connectivity index (χ0) is 78.6. The van der Waals surface area contributed by atoms with Crippen LogP contribution in [0.1, 0.15) is 59.8 Å². The number of carboxylic acids is 4. The monoisotopic (exact) mass is 1540 g/mol. The number of carbonyl (C=O) groups excluding carboxylic acids is 3. The molecule has 0 saturated heterocycles. The normalized spacial score (nSPS) is 11.2. The van der Waals surface area contributed by atoms with E-state index in [-0.39, 0.29) is 79.9 Å². The van der Waals surface area contributed by atoms with E-state index in [0.717, 1.165) is 25.9 Å². The third-order valence-corrected chi connectivity index (χ3v) is 11.1. The van der Waals surface area contributed by atoms with Gasteiger partial charge in [0.05, 0.1) is 54.5 Å². The fourth-order valence-corrected chi connectivity index (χ4v) is 6.29. The summed E-state index contributed by atoms with van der Waals surface area (Å²) in [5.74, 6) is -6.18. The average molecular weight is 1540 g/mol. The number of halogens is 1. The standard InChI is InChI=1S/C11H8N2O4.C11H11NO5.C10H9NO5.C10H13NO3.C9H7NO5.C7H5NO3.C3H6O2.CH3F.2CH4O.CH3.Pd/c1-7-12-10(11(14)17-7)6-8-2-4-9(5-3-8)13(15)16;1-16-10(11(13)17-2)7-8-3-5-9(6-4-8)12(14)15;1-16-9(10(12)13)6-7-2-4-8(5-3-7)11(14)15;1-14-9(10(12)13)6-7-2-4-8(11)5-3-7;11-8(9(12)13)5-6-1-3-7(4-2-6)10(14)15;9-5-6-1-3-7(4-2-6)8(10)11;1-2-3(4)5;3*1-2;;/h2-6H,1H3;3-7H,1-2H3;2-6H,1H3,(H,12,13);2-5,9H,6,11H2,1H3,(H,12,13);1-5,11H,(H,12,13);1-5H;2H2,1H3,(H,4,5);1H3;2*2H,1H3;1H3;/q;;;;;;;;;;-1;/b10-6-;10-7-;9-6-;;8-5-;;;;;;;/i;;;;;;;1D;;;;. The van der Waals surface area contributed by atoms with Crippen molar-refractivity contribution < 1.29 is 144 Å². The topological polar surface area (TPSA) is 561 Å². The molecular weight excluding hydrogens is 1470 g/mol. The zero-order valence-corrected chi connectivity index (χ0v) is 57.6. The Bertz CT molecular complexity index is 3860. The van der Waals surface area contributed by atoms with Crippen LogP contribution in [0.15, 0.2) is 174 Å². The van der Waals surface area contributed by atoms with E-state index in [0.29, 0.717) is 52.1 Å². The van der Waals surface area contributed by atoms with Crippen LogP contribution in [0.4, 0.5) is 38.5 Å². The van der Waals surface area contributed by atoms with Crippen LogP contribution in [-0.2, 0) is 79.3 Å². The molecule has 6 aromatic carbocycles. The van der Waals surface area contributed by atoms with Gasteiger partial charge in [-0.25, -0.2) is 29.0 Å². The molecule has 560 valence electrons. The van der Waals surface area contributed by atoms with E-state index in [1.165, 1.54) is 156 Å². The summed E-state index contributed by atoms with van der Waals surface area (Å²) in [4.78, 5) is 126. The average Bonchev–Trinajstić information content (AvgIpc) is 1.63. The van der Waals surface area contributed by atoms with Crippen LogP contribution in [0.3, 0.4) is 0 Å². The van der Waals surface area contributed by atoms with Crippen LogP contribution in [0.2, 0.25) is 0 Å². The molecule has 1 unspecified atom stereocenters. The molecule has 7 rings (SSSR count). The zero-order valence-electron chi connectivity index (χ0n) is 57.0. The molecule has 0 bridgehead atoms. The molecule has 0 fully saturated rings. The number of benzene rings is 6. The molecule has 1 heterocycles. The van der Waals surface area contributed by atoms with Crippen molar-refractivity contribution in [2.24, 2.45) is 4.99 Å². The van der Waals surface area contributed by atoms with E-state index in [1.54, 1.807) is 50.2 Å². The van der Waals surface area contributed by atoms with Crippen LogP contribution in [0, 0.1) is 58.0 Å². The fraction of sp³-hybridized carbons (Fsp3) is 0.185. The number of anilines is 1. The number of nitrogens with zero attached hydrogens (tertiary/aromatic N) is 6. The molecule has 0 radical (unpaired) electrons. The van der Waals surface area contributed by atoms with Gasteiger partial charge in [-0.15, -0.1) is 0 Å². The molecule has 1 aliphatic heterocycles. The van der Waals surface area contributed by atoms with Gasteiger partial charge in [-0.2, -0.15) is 0 Å². The van der Waals surface area contributed by atoms with Crippen molar-refractivity contribution >= 4 is 106 Å². The minimum Gasteiger partial charge on any atom is -0.502 e. The molecule has 0 aromatic heterocycles. The minimum absolute atomic E-state index is 0. The number of nitro benzene ring substituents is 5. The number of nitro groups is 5. The van der Waals surface area contributed by atoms with E-state index >= 15 is 0 Å². The summed E-state index contributed by atoms with van der Waals surface area (Å²) in [5, 5.41) is 108. The van der Waals surface area contributed by atoms with Gasteiger partial charge in [0.1, 0.15) is 6.29 Å². The maximum absolute atomic E-state index is 11.3. The predicted octanol–water partition coefficient (Wildman–Crippen LogP) is 9.96. The summed E-state index contributed by atoms with van der Waals surface area (Å²) in [5.41, 5.74) is 9.69. The molecule has 0 aliphatic carbocycles. The Morgan fingerprint density at radius 1 is 0.563 bits per heavy atom. The molecule has 0 saturated carbocycles. The number of aliphatic imine (C=N–C) groups is 1. The second-order valence-corrected chi connectivity index (χ2v) is 17.7. The second-order valence-electron chi connectivity index (χ2n) is 17.7. The molecule has 38 heteroatoms. The molecule has 0 amide bonds. The van der Waals surface area contributed by atoms with Crippen molar-refractivity contribution in [3.05, 3.63) is 260 Å². The number of aliphatic carboxylic acids is 4. The molecule has 9 N–H and O–H groups in total. The summed E-state index contributed by atoms with van der Waals surface area (Å²) >= 11 is 0. The maximum atomic E-state index is 11.3. The van der Waals surface area contributed by atoms with Crippen LogP contribution < -0.4 is 5.73 Å². The molecule has 1 aliphatic rings. The Hall–Kier alpha value is -12.9. The van der Waals surface area contributed by atoms with Crippen molar-refractivity contribution in [3.8, 4) is 0 Å². The van der Waals surface area contributed by atoms with Crippen LogP contribution >= 0.6 is 0 Å². The van der Waals surface area contributed by atoms with Crippen LogP contribution in [-0.4, -0.2) is 164 Å². The Morgan fingerprint density at radius 2 is 0.883 bits per heavy atom. The molecule has 6 aromatic rings. The van der Waals surface area contributed by atoms with Gasteiger partial charge < -0.3 is 72.6 Å². The number of cyclic esters (lactones) is 1. The second kappa shape index (κ2) is 56.0. The van der Waals surface area contributed by atoms with Gasteiger partial charge >= 0.3 is 35.8 Å². The summed E-state index contributed by atoms with van der Waals surface area (Å²) in [6, 6.07) is 34.6. The first-order valence-corrected chi connectivity index (χ1v) is 27.4. The molecule has 103 heavy (non-hydrogen) atoms. The SMILES string of the molecule is CC1=N/C(=C\c2ccc([N+](=O)[O-])cc2)C(=O)O1.CCC(=O)O.CO.CO.CO/C(=C\c1ccc([N+](=O)[O-])cc1)C(=O)O.COC(=O)/C(=C/c1ccc([N+](=O)[O-])cc1)OC.COC(Cc1ccc(N)cc1)C(=O)O.O=C(O)/C(O)=C/c1ccc([N+](=O)[O-])cc1.O=Cc1ccc([N+](=O)[O-])cc1.[2H]CF.[CH3-].[Pd]. The number of carbonyl (C=O) groups is 7. The number of rotatable bonds is 20. The number of alkyl halides is 1. The van der Waals surface area contributed by atoms with Crippen molar-refractivity contribution in [2.75, 3.05) is 55.5 Å². The van der Waals surface area contributed by atoms with Gasteiger partial charge in [-0.1, -0.05) is 19.1 Å². The van der Waals surface area contributed by atoms with Crippen molar-refractivity contribution in [1.82, 2.24) is 0 Å². The van der Waals surface area contributed by atoms with Crippen molar-refractivity contribution in [2.45, 2.75) is 32.8 Å². The number of aldehydes is 1. The third-order valence-electron chi connectivity index (χ3n) is 11.1. The predicted molar refractivity (Wildman–Crippen MR) is 367 cm³/mol. The number of hydrogen-bond acceptors (Lipinski definition) is 27. The first kappa shape index (κ1) is 96.5. The Labute approximate surface area is 601 Å². The first-order chi connectivity index (χ1) is 48.2. The van der Waals surface area contributed by atoms with E-state index in [2.05, 4.69) is 14.5 Å². The van der Waals surface area contributed by atoms with Crippen LogP contribution in [0.5, 0.6) is 0 Å². The molecular formula is C65H73FN7O29Pd-. The van der Waals surface area contributed by atoms with Gasteiger partial charge in [0.15, 0.2) is 17.7 Å². The Morgan fingerprint density at radius 3 is 1.14 bits per heavy atom. The van der Waals surface area contributed by atoms with E-state index in [9.17, 15) is 88.5 Å². The maximum Gasteiger partial charge on any atom is 0.373 e.